The van der Waals surface area contributed by atoms with E-state index in [1.54, 1.807) is 0 Å². The molecule has 1 heterocycles. The van der Waals surface area contributed by atoms with Crippen molar-refractivity contribution in [1.29, 1.82) is 0 Å². The van der Waals surface area contributed by atoms with E-state index in [-0.39, 0.29) is 5.97 Å². The second kappa shape index (κ2) is 9.95. The molecule has 0 aliphatic rings. The molecule has 1 aromatic rings. The lowest BCUT2D eigenvalue weighted by Gasteiger charge is -2.04. The average Bonchev–Trinajstić information content (AvgIpc) is 2.45. The fourth-order valence-electron chi connectivity index (χ4n) is 1.90. The Labute approximate surface area is 119 Å². The van der Waals surface area contributed by atoms with Crippen LogP contribution in [0.2, 0.25) is 0 Å². The van der Waals surface area contributed by atoms with Gasteiger partial charge in [-0.25, -0.2) is 0 Å². The lowest BCUT2D eigenvalue weighted by Crippen LogP contribution is -2.11. The predicted molar refractivity (Wildman–Crippen MR) is 75.9 cm³/mol. The lowest BCUT2D eigenvalue weighted by atomic mass is 10.1. The molecule has 0 radical (unpaired) electrons. The fourth-order valence-corrected chi connectivity index (χ4v) is 1.90. The molecule has 0 saturated carbocycles. The molecule has 0 spiro atoms. The Morgan fingerprint density at radius 1 is 1.30 bits per heavy atom. The molecule has 0 unspecified atom stereocenters. The zero-order valence-electron chi connectivity index (χ0n) is 11.9. The summed E-state index contributed by atoms with van der Waals surface area (Å²) in [4.78, 5) is 25.8. The van der Waals surface area contributed by atoms with Gasteiger partial charge in [-0.1, -0.05) is 12.5 Å². The van der Waals surface area contributed by atoms with Crippen molar-refractivity contribution in [1.82, 2.24) is 10.3 Å². The van der Waals surface area contributed by atoms with E-state index in [1.807, 2.05) is 25.1 Å². The highest BCUT2D eigenvalue weighted by Crippen LogP contribution is 2.07. The van der Waals surface area contributed by atoms with Gasteiger partial charge in [0.05, 0.1) is 18.8 Å². The van der Waals surface area contributed by atoms with Crippen molar-refractivity contribution in [2.75, 3.05) is 6.61 Å². The summed E-state index contributed by atoms with van der Waals surface area (Å²) in [6, 6.07) is 5.82. The highest BCUT2D eigenvalue weighted by Gasteiger charge is 2.02. The number of amides is 1. The number of unbranched alkanes of at least 4 members (excludes halogenated alkanes) is 2. The van der Waals surface area contributed by atoms with Crippen LogP contribution in [0.25, 0.3) is 0 Å². The zero-order valence-corrected chi connectivity index (χ0v) is 11.9. The Bertz CT molecular complexity index is 421. The average molecular weight is 278 g/mol. The number of hydrogen-bond donors (Lipinski definition) is 1. The van der Waals surface area contributed by atoms with Crippen LogP contribution >= 0.6 is 0 Å². The molecule has 0 aliphatic heterocycles. The number of hydrogen-bond acceptors (Lipinski definition) is 4. The van der Waals surface area contributed by atoms with Gasteiger partial charge in [0.1, 0.15) is 0 Å². The largest absolute Gasteiger partial charge is 0.466 e. The molecule has 1 amide bonds. The van der Waals surface area contributed by atoms with Gasteiger partial charge in [-0.3, -0.25) is 14.6 Å². The smallest absolute Gasteiger partial charge is 0.305 e. The SMILES string of the molecule is CCOC(=O)CCCCCc1cccc(CNC=O)n1. The van der Waals surface area contributed by atoms with Crippen molar-refractivity contribution in [2.24, 2.45) is 0 Å². The van der Waals surface area contributed by atoms with Crippen molar-refractivity contribution in [3.8, 4) is 0 Å². The van der Waals surface area contributed by atoms with Gasteiger partial charge >= 0.3 is 5.97 Å². The summed E-state index contributed by atoms with van der Waals surface area (Å²) in [7, 11) is 0. The number of carbonyl (C=O) groups excluding carboxylic acids is 2. The topological polar surface area (TPSA) is 68.3 Å². The first-order valence-corrected chi connectivity index (χ1v) is 7.03. The van der Waals surface area contributed by atoms with Gasteiger partial charge in [0.15, 0.2) is 0 Å². The summed E-state index contributed by atoms with van der Waals surface area (Å²) < 4.78 is 4.87. The van der Waals surface area contributed by atoms with E-state index in [0.717, 1.165) is 37.1 Å². The van der Waals surface area contributed by atoms with Crippen LogP contribution in [0.1, 0.15) is 44.0 Å². The van der Waals surface area contributed by atoms with Crippen LogP contribution in [-0.2, 0) is 27.3 Å². The monoisotopic (exact) mass is 278 g/mol. The third-order valence-corrected chi connectivity index (χ3v) is 2.85. The molecule has 5 heteroatoms. The summed E-state index contributed by atoms with van der Waals surface area (Å²) in [5.41, 5.74) is 1.88. The van der Waals surface area contributed by atoms with Crippen LogP contribution in [-0.4, -0.2) is 24.0 Å². The molecule has 0 atom stereocenters. The highest BCUT2D eigenvalue weighted by molar-refractivity contribution is 5.69. The third-order valence-electron chi connectivity index (χ3n) is 2.85. The predicted octanol–water partition coefficient (Wildman–Crippen LogP) is 1.99. The molecule has 1 rings (SSSR count). The second-order valence-corrected chi connectivity index (χ2v) is 4.48. The van der Waals surface area contributed by atoms with Gasteiger partial charge in [-0.2, -0.15) is 0 Å². The number of aryl methyl sites for hydroxylation is 1. The van der Waals surface area contributed by atoms with Crippen LogP contribution < -0.4 is 5.32 Å². The molecule has 0 aliphatic carbocycles. The van der Waals surface area contributed by atoms with Crippen LogP contribution in [0.15, 0.2) is 18.2 Å². The van der Waals surface area contributed by atoms with Gasteiger partial charge in [0, 0.05) is 12.1 Å². The molecule has 1 N–H and O–H groups in total. The molecule has 0 aromatic carbocycles. The van der Waals surface area contributed by atoms with Crippen LogP contribution in [0.4, 0.5) is 0 Å². The third kappa shape index (κ3) is 6.87. The first-order valence-electron chi connectivity index (χ1n) is 7.03. The van der Waals surface area contributed by atoms with Crippen molar-refractivity contribution in [3.05, 3.63) is 29.6 Å². The maximum absolute atomic E-state index is 11.2. The van der Waals surface area contributed by atoms with Crippen molar-refractivity contribution in [2.45, 2.75) is 45.6 Å². The van der Waals surface area contributed by atoms with Gasteiger partial charge in [0.2, 0.25) is 6.41 Å². The molecule has 20 heavy (non-hydrogen) atoms. The summed E-state index contributed by atoms with van der Waals surface area (Å²) in [5.74, 6) is -0.118. The van der Waals surface area contributed by atoms with Crippen LogP contribution in [0.3, 0.4) is 0 Å². The first-order chi connectivity index (χ1) is 9.76. The Balaban J connectivity index is 2.21. The van der Waals surface area contributed by atoms with E-state index in [4.69, 9.17) is 4.74 Å². The van der Waals surface area contributed by atoms with E-state index < -0.39 is 0 Å². The quantitative estimate of drug-likeness (QED) is 0.404. The molecule has 0 bridgehead atoms. The first kappa shape index (κ1) is 16.1. The molecule has 1 aromatic heterocycles. The van der Waals surface area contributed by atoms with E-state index >= 15 is 0 Å². The summed E-state index contributed by atoms with van der Waals surface area (Å²) in [6.45, 7) is 2.72. The Morgan fingerprint density at radius 3 is 2.85 bits per heavy atom. The number of ether oxygens (including phenoxy) is 1. The Morgan fingerprint density at radius 2 is 2.10 bits per heavy atom. The molecule has 5 nitrogen and oxygen atoms in total. The van der Waals surface area contributed by atoms with Crippen molar-refractivity contribution < 1.29 is 14.3 Å². The number of nitrogens with one attached hydrogen (secondary N) is 1. The normalized spacial score (nSPS) is 10.1. The Hall–Kier alpha value is -1.91. The number of carbonyl (C=O) groups is 2. The van der Waals surface area contributed by atoms with E-state index in [9.17, 15) is 9.59 Å². The summed E-state index contributed by atoms with van der Waals surface area (Å²) in [6.07, 6.45) is 4.88. The van der Waals surface area contributed by atoms with Crippen molar-refractivity contribution >= 4 is 12.4 Å². The zero-order chi connectivity index (χ0) is 14.6. The molecular formula is C15H22N2O3. The van der Waals surface area contributed by atoms with Crippen LogP contribution in [0, 0.1) is 0 Å². The van der Waals surface area contributed by atoms with Crippen LogP contribution in [0.5, 0.6) is 0 Å². The number of pyridine rings is 1. The minimum Gasteiger partial charge on any atom is -0.466 e. The molecule has 0 fully saturated rings. The summed E-state index contributed by atoms with van der Waals surface area (Å²) >= 11 is 0. The minimum absolute atomic E-state index is 0.118. The molecule has 110 valence electrons. The van der Waals surface area contributed by atoms with E-state index in [2.05, 4.69) is 10.3 Å². The lowest BCUT2D eigenvalue weighted by molar-refractivity contribution is -0.143. The fraction of sp³-hybridized carbons (Fsp3) is 0.533. The van der Waals surface area contributed by atoms with E-state index in [0.29, 0.717) is 26.0 Å². The number of esters is 1. The molecule has 0 saturated heterocycles. The maximum atomic E-state index is 11.2. The maximum Gasteiger partial charge on any atom is 0.305 e. The van der Waals surface area contributed by atoms with Gasteiger partial charge < -0.3 is 10.1 Å². The standard InChI is InChI=1S/C15H22N2O3/c1-2-20-15(19)10-5-3-4-7-13-8-6-9-14(17-13)11-16-12-18/h6,8-9,12H,2-5,7,10-11H2,1H3,(H,16,18). The van der Waals surface area contributed by atoms with Gasteiger partial charge in [0.25, 0.3) is 0 Å². The highest BCUT2D eigenvalue weighted by atomic mass is 16.5. The Kier molecular flexibility index (Phi) is 8.03. The summed E-state index contributed by atoms with van der Waals surface area (Å²) in [5, 5.41) is 2.60. The van der Waals surface area contributed by atoms with E-state index in [1.165, 1.54) is 0 Å². The second-order valence-electron chi connectivity index (χ2n) is 4.48. The number of aromatic nitrogens is 1. The minimum atomic E-state index is -0.118. The van der Waals surface area contributed by atoms with Gasteiger partial charge in [-0.05, 0) is 38.3 Å². The number of rotatable bonds is 10. The molecular weight excluding hydrogens is 256 g/mol. The number of nitrogens with zero attached hydrogens (tertiary/aromatic N) is 1. The van der Waals surface area contributed by atoms with Crippen molar-refractivity contribution in [3.63, 3.8) is 0 Å². The van der Waals surface area contributed by atoms with Gasteiger partial charge in [-0.15, -0.1) is 0 Å².